The monoisotopic (exact) mass is 778 g/mol. The van der Waals surface area contributed by atoms with Gasteiger partial charge in [-0.3, -0.25) is 0 Å². The van der Waals surface area contributed by atoms with Crippen molar-refractivity contribution in [3.05, 3.63) is 191 Å². The number of fused-ring (bicyclic) bond motifs is 14. The Hall–Kier alpha value is -7.87. The first-order chi connectivity index (χ1) is 29.3. The summed E-state index contributed by atoms with van der Waals surface area (Å²) < 4.78 is 46.6. The molecule has 60 heavy (non-hydrogen) atoms. The van der Waals surface area contributed by atoms with E-state index in [4.69, 9.17) is 0 Å². The lowest BCUT2D eigenvalue weighted by Crippen LogP contribution is -2.08. The Morgan fingerprint density at radius 3 is 1.45 bits per heavy atom. The van der Waals surface area contributed by atoms with E-state index in [0.717, 1.165) is 78.0 Å². The zero-order valence-corrected chi connectivity index (χ0v) is 31.8. The van der Waals surface area contributed by atoms with Crippen molar-refractivity contribution in [2.75, 3.05) is 0 Å². The molecule has 12 rings (SSSR count). The van der Waals surface area contributed by atoms with E-state index in [1.54, 1.807) is 0 Å². The lowest BCUT2D eigenvalue weighted by atomic mass is 9.95. The van der Waals surface area contributed by atoms with E-state index in [2.05, 4.69) is 118 Å². The van der Waals surface area contributed by atoms with Gasteiger partial charge in [-0.15, -0.1) is 0 Å². The van der Waals surface area contributed by atoms with Crippen molar-refractivity contribution in [2.45, 2.75) is 19.0 Å². The van der Waals surface area contributed by atoms with Crippen molar-refractivity contribution in [2.24, 2.45) is 0 Å². The Kier molecular flexibility index (Phi) is 7.02. The van der Waals surface area contributed by atoms with Gasteiger partial charge >= 0.3 is 6.18 Å². The van der Waals surface area contributed by atoms with Crippen LogP contribution in [0.25, 0.3) is 88.4 Å². The molecule has 10 aromatic rings. The van der Waals surface area contributed by atoms with Gasteiger partial charge in [-0.1, -0.05) is 115 Å². The largest absolute Gasteiger partial charge is 0.416 e. The maximum absolute atomic E-state index is 14.1. The van der Waals surface area contributed by atoms with Gasteiger partial charge in [0.05, 0.1) is 50.6 Å². The van der Waals surface area contributed by atoms with E-state index in [-0.39, 0.29) is 5.56 Å². The van der Waals surface area contributed by atoms with Crippen molar-refractivity contribution in [1.82, 2.24) is 9.13 Å². The highest BCUT2D eigenvalue weighted by atomic mass is 19.4. The van der Waals surface area contributed by atoms with E-state index in [9.17, 15) is 23.7 Å². The summed E-state index contributed by atoms with van der Waals surface area (Å²) in [6.07, 6.45) is -3.23. The van der Waals surface area contributed by atoms with E-state index >= 15 is 0 Å². The molecular weight excluding hydrogens is 750 g/mol. The maximum Gasteiger partial charge on any atom is 0.416 e. The van der Waals surface area contributed by atoms with Gasteiger partial charge in [0.25, 0.3) is 0 Å². The predicted octanol–water partition coefficient (Wildman–Crippen LogP) is 13.5. The third-order valence-corrected chi connectivity index (χ3v) is 12.7. The summed E-state index contributed by atoms with van der Waals surface area (Å²) in [4.78, 5) is 0. The molecule has 0 saturated carbocycles. The molecule has 7 heteroatoms. The Morgan fingerprint density at radius 2 is 0.950 bits per heavy atom. The predicted molar refractivity (Wildman–Crippen MR) is 231 cm³/mol. The Balaban J connectivity index is 1.25. The molecule has 282 valence electrons. The average Bonchev–Trinajstić information content (AvgIpc) is 4.03. The molecule has 2 aliphatic rings. The average molecular weight is 779 g/mol. The first kappa shape index (κ1) is 34.2. The van der Waals surface area contributed by atoms with Crippen molar-refractivity contribution in [3.8, 4) is 56.9 Å². The number of hydrogen-bond acceptors (Lipinski definition) is 2. The number of para-hydroxylation sites is 2. The normalized spacial score (nSPS) is 12.8. The minimum atomic E-state index is -4.63. The highest BCUT2D eigenvalue weighted by molar-refractivity contribution is 6.14. The molecule has 2 aliphatic carbocycles. The van der Waals surface area contributed by atoms with Gasteiger partial charge in [0, 0.05) is 34.4 Å². The number of rotatable bonds is 3. The highest BCUT2D eigenvalue weighted by Crippen LogP contribution is 2.48. The number of aromatic nitrogens is 2. The second-order valence-electron chi connectivity index (χ2n) is 15.7. The fraction of sp³-hybridized carbons (Fsp3) is 0.0566. The van der Waals surface area contributed by atoms with E-state index in [0.29, 0.717) is 40.9 Å². The van der Waals surface area contributed by atoms with Gasteiger partial charge in [0.1, 0.15) is 11.6 Å². The van der Waals surface area contributed by atoms with Crippen LogP contribution < -0.4 is 0 Å². The molecule has 2 heterocycles. The van der Waals surface area contributed by atoms with Crippen molar-refractivity contribution >= 4 is 43.6 Å². The quantitative estimate of drug-likeness (QED) is 0.179. The summed E-state index contributed by atoms with van der Waals surface area (Å²) in [6, 6.07) is 53.6. The highest BCUT2D eigenvalue weighted by Gasteiger charge is 2.33. The van der Waals surface area contributed by atoms with Crippen LogP contribution in [0.4, 0.5) is 13.2 Å². The SMILES string of the molecule is N#Cc1cc(C(F)(F)F)ccc1-c1cc(-n2c3ccccc3c3ccc4c(c32)Cc2ccccc2-4)c(C#N)c(-n2c3ccccc3c3ccc4c(c32)Cc2ccccc2-4)c1. The molecule has 0 saturated heterocycles. The standard InChI is InChI=1S/C53H29F3N4/c54-53(55,56)34-17-18-35(33(23-34)28-57)32-26-49(59-47-15-7-5-13-40(47)42-21-19-38-36-11-3-1-9-30(36)24-44(38)51(42)59)46(29-58)50(27-32)60-48-16-8-6-14-41(48)43-22-20-39-37-12-4-2-10-31(37)25-45(39)52(43)60/h1-23,26-27H,24-25H2. The van der Waals surface area contributed by atoms with Gasteiger partial charge in [-0.25, -0.2) is 0 Å². The summed E-state index contributed by atoms with van der Waals surface area (Å²) >= 11 is 0. The second kappa shape index (κ2) is 12.3. The third kappa shape index (κ3) is 4.66. The van der Waals surface area contributed by atoms with Crippen LogP contribution in [0, 0.1) is 22.7 Å². The van der Waals surface area contributed by atoms with Crippen molar-refractivity contribution in [3.63, 3.8) is 0 Å². The Labute approximate surface area is 341 Å². The minimum Gasteiger partial charge on any atom is -0.307 e. The zero-order valence-electron chi connectivity index (χ0n) is 31.8. The van der Waals surface area contributed by atoms with Crippen LogP contribution in [-0.2, 0) is 19.0 Å². The van der Waals surface area contributed by atoms with Crippen LogP contribution in [0.1, 0.15) is 38.9 Å². The molecule has 0 radical (unpaired) electrons. The Bertz CT molecular complexity index is 3430. The summed E-state index contributed by atoms with van der Waals surface area (Å²) in [5.41, 5.74) is 14.4. The molecule has 8 aromatic carbocycles. The molecule has 0 spiro atoms. The summed E-state index contributed by atoms with van der Waals surface area (Å²) in [5, 5.41) is 26.1. The van der Waals surface area contributed by atoms with Gasteiger partial charge in [-0.2, -0.15) is 23.7 Å². The molecule has 2 aromatic heterocycles. The fourth-order valence-corrected chi connectivity index (χ4v) is 10.2. The van der Waals surface area contributed by atoms with Crippen LogP contribution in [0.2, 0.25) is 0 Å². The minimum absolute atomic E-state index is 0.108. The van der Waals surface area contributed by atoms with E-state index < -0.39 is 11.7 Å². The first-order valence-electron chi connectivity index (χ1n) is 19.8. The van der Waals surface area contributed by atoms with Crippen LogP contribution in [-0.4, -0.2) is 9.13 Å². The van der Waals surface area contributed by atoms with Crippen LogP contribution in [0.3, 0.4) is 0 Å². The Morgan fingerprint density at radius 1 is 0.467 bits per heavy atom. The van der Waals surface area contributed by atoms with E-state index in [1.165, 1.54) is 28.3 Å². The molecular formula is C53H29F3N4. The van der Waals surface area contributed by atoms with Gasteiger partial charge < -0.3 is 9.13 Å². The molecule has 0 amide bonds. The molecule has 0 N–H and O–H groups in total. The number of halogens is 3. The number of nitrogens with zero attached hydrogens (tertiary/aromatic N) is 4. The molecule has 0 unspecified atom stereocenters. The summed E-state index contributed by atoms with van der Waals surface area (Å²) in [5.74, 6) is 0. The maximum atomic E-state index is 14.1. The molecule has 0 bridgehead atoms. The molecule has 0 aliphatic heterocycles. The lowest BCUT2D eigenvalue weighted by Gasteiger charge is -2.20. The number of alkyl halides is 3. The number of nitriles is 2. The van der Waals surface area contributed by atoms with Crippen molar-refractivity contribution < 1.29 is 13.2 Å². The summed E-state index contributed by atoms with van der Waals surface area (Å²) in [7, 11) is 0. The molecule has 4 nitrogen and oxygen atoms in total. The van der Waals surface area contributed by atoms with Gasteiger partial charge in [0.15, 0.2) is 0 Å². The van der Waals surface area contributed by atoms with Crippen LogP contribution >= 0.6 is 0 Å². The zero-order chi connectivity index (χ0) is 40.4. The number of hydrogen-bond donors (Lipinski definition) is 0. The number of benzene rings is 8. The van der Waals surface area contributed by atoms with Crippen LogP contribution in [0.5, 0.6) is 0 Å². The lowest BCUT2D eigenvalue weighted by molar-refractivity contribution is -0.137. The molecule has 0 atom stereocenters. The molecule has 0 fully saturated rings. The van der Waals surface area contributed by atoms with Gasteiger partial charge in [-0.05, 0) is 92.0 Å². The summed E-state index contributed by atoms with van der Waals surface area (Å²) in [6.45, 7) is 0. The van der Waals surface area contributed by atoms with Crippen molar-refractivity contribution in [1.29, 1.82) is 10.5 Å². The smallest absolute Gasteiger partial charge is 0.307 e. The fourth-order valence-electron chi connectivity index (χ4n) is 10.2. The van der Waals surface area contributed by atoms with Gasteiger partial charge in [0.2, 0.25) is 0 Å². The third-order valence-electron chi connectivity index (χ3n) is 12.7. The first-order valence-corrected chi connectivity index (χ1v) is 19.8. The topological polar surface area (TPSA) is 57.4 Å². The van der Waals surface area contributed by atoms with E-state index in [1.807, 2.05) is 36.4 Å². The second-order valence-corrected chi connectivity index (χ2v) is 15.7. The van der Waals surface area contributed by atoms with Crippen LogP contribution in [0.15, 0.2) is 152 Å².